The van der Waals surface area contributed by atoms with Crippen LogP contribution in [-0.4, -0.2) is 15.0 Å². The number of benzene rings is 1. The Labute approximate surface area is 105 Å². The Morgan fingerprint density at radius 2 is 1.94 bits per heavy atom. The Morgan fingerprint density at radius 1 is 1.00 bits per heavy atom. The summed E-state index contributed by atoms with van der Waals surface area (Å²) in [6.07, 6.45) is 3.24. The zero-order valence-corrected chi connectivity index (χ0v) is 9.74. The van der Waals surface area contributed by atoms with Gasteiger partial charge in [0.1, 0.15) is 12.1 Å². The van der Waals surface area contributed by atoms with Crippen LogP contribution in [0.15, 0.2) is 55.0 Å². The van der Waals surface area contributed by atoms with Crippen LogP contribution in [0.1, 0.15) is 5.69 Å². The Bertz CT molecular complexity index is 652. The number of pyridine rings is 1. The minimum Gasteiger partial charge on any atom is -0.364 e. The molecule has 0 radical (unpaired) electrons. The number of nitrogens with zero attached hydrogens (tertiary/aromatic N) is 3. The molecule has 1 aromatic carbocycles. The first kappa shape index (κ1) is 10.7. The van der Waals surface area contributed by atoms with Crippen LogP contribution in [0.2, 0.25) is 0 Å². The molecule has 1 N–H and O–H groups in total. The lowest BCUT2D eigenvalue weighted by molar-refractivity contribution is 1.03. The van der Waals surface area contributed by atoms with Crippen molar-refractivity contribution in [2.45, 2.75) is 6.54 Å². The summed E-state index contributed by atoms with van der Waals surface area (Å²) in [5, 5.41) is 4.37. The van der Waals surface area contributed by atoms with E-state index in [1.54, 1.807) is 6.20 Å². The molecule has 0 bridgehead atoms. The fourth-order valence-electron chi connectivity index (χ4n) is 1.78. The molecule has 88 valence electrons. The van der Waals surface area contributed by atoms with Gasteiger partial charge in [-0.2, -0.15) is 0 Å². The summed E-state index contributed by atoms with van der Waals surface area (Å²) in [5.74, 6) is 0.806. The van der Waals surface area contributed by atoms with E-state index in [2.05, 4.69) is 32.4 Å². The van der Waals surface area contributed by atoms with E-state index in [1.165, 1.54) is 6.33 Å². The fourth-order valence-corrected chi connectivity index (χ4v) is 1.78. The number of hydrogen-bond acceptors (Lipinski definition) is 4. The largest absolute Gasteiger partial charge is 0.364 e. The van der Waals surface area contributed by atoms with Crippen LogP contribution in [-0.2, 0) is 6.54 Å². The highest BCUT2D eigenvalue weighted by Crippen LogP contribution is 2.12. The minimum atomic E-state index is 0.655. The van der Waals surface area contributed by atoms with Gasteiger partial charge in [-0.05, 0) is 18.2 Å². The average molecular weight is 236 g/mol. The molecule has 0 amide bonds. The van der Waals surface area contributed by atoms with Crippen LogP contribution in [0.3, 0.4) is 0 Å². The Hall–Kier alpha value is -2.49. The van der Waals surface area contributed by atoms with Crippen molar-refractivity contribution in [3.05, 3.63) is 60.7 Å². The maximum Gasteiger partial charge on any atom is 0.129 e. The van der Waals surface area contributed by atoms with Gasteiger partial charge in [0, 0.05) is 11.6 Å². The molecule has 0 spiro atoms. The van der Waals surface area contributed by atoms with E-state index >= 15 is 0 Å². The van der Waals surface area contributed by atoms with Gasteiger partial charge in [0.05, 0.1) is 17.8 Å². The smallest absolute Gasteiger partial charge is 0.129 e. The first-order valence-corrected chi connectivity index (χ1v) is 5.76. The lowest BCUT2D eigenvalue weighted by Gasteiger charge is -2.05. The van der Waals surface area contributed by atoms with E-state index in [4.69, 9.17) is 0 Å². The van der Waals surface area contributed by atoms with Gasteiger partial charge in [0.25, 0.3) is 0 Å². The van der Waals surface area contributed by atoms with Gasteiger partial charge in [-0.1, -0.05) is 24.3 Å². The lowest BCUT2D eigenvalue weighted by atomic mass is 10.2. The quantitative estimate of drug-likeness (QED) is 0.759. The number of fused-ring (bicyclic) bond motifs is 1. The molecule has 0 saturated heterocycles. The molecule has 3 rings (SSSR count). The van der Waals surface area contributed by atoms with Gasteiger partial charge in [-0.15, -0.1) is 0 Å². The fraction of sp³-hybridized carbons (Fsp3) is 0.0714. The van der Waals surface area contributed by atoms with Gasteiger partial charge in [-0.3, -0.25) is 4.98 Å². The van der Waals surface area contributed by atoms with Crippen molar-refractivity contribution in [3.63, 3.8) is 0 Å². The first-order chi connectivity index (χ1) is 8.92. The molecular weight excluding hydrogens is 224 g/mol. The van der Waals surface area contributed by atoms with Crippen molar-refractivity contribution in [1.29, 1.82) is 0 Å². The average Bonchev–Trinajstić information content (AvgIpc) is 2.46. The Balaban J connectivity index is 1.79. The second-order valence-corrected chi connectivity index (χ2v) is 3.94. The normalized spacial score (nSPS) is 10.4. The summed E-state index contributed by atoms with van der Waals surface area (Å²) in [5.41, 5.74) is 2.01. The molecule has 0 fully saturated rings. The van der Waals surface area contributed by atoms with Gasteiger partial charge in [0.15, 0.2) is 0 Å². The van der Waals surface area contributed by atoms with E-state index in [0.717, 1.165) is 22.4 Å². The predicted molar refractivity (Wildman–Crippen MR) is 71.1 cm³/mol. The number of rotatable bonds is 3. The third-order valence-electron chi connectivity index (χ3n) is 2.69. The topological polar surface area (TPSA) is 50.7 Å². The molecule has 4 heteroatoms. The minimum absolute atomic E-state index is 0.655. The van der Waals surface area contributed by atoms with Crippen molar-refractivity contribution in [1.82, 2.24) is 15.0 Å². The van der Waals surface area contributed by atoms with E-state index in [0.29, 0.717) is 6.54 Å². The van der Waals surface area contributed by atoms with Crippen LogP contribution in [0, 0.1) is 0 Å². The summed E-state index contributed by atoms with van der Waals surface area (Å²) in [6.45, 7) is 0.655. The third-order valence-corrected chi connectivity index (χ3v) is 2.69. The van der Waals surface area contributed by atoms with Crippen molar-refractivity contribution in [2.24, 2.45) is 0 Å². The third kappa shape index (κ3) is 2.27. The number of para-hydroxylation sites is 1. The van der Waals surface area contributed by atoms with Gasteiger partial charge < -0.3 is 5.32 Å². The summed E-state index contributed by atoms with van der Waals surface area (Å²) in [4.78, 5) is 12.6. The second-order valence-electron chi connectivity index (χ2n) is 3.94. The maximum atomic E-state index is 4.58. The molecule has 0 aliphatic rings. The zero-order valence-electron chi connectivity index (χ0n) is 9.74. The number of nitrogens with one attached hydrogen (secondary N) is 1. The molecule has 0 aliphatic heterocycles. The highest BCUT2D eigenvalue weighted by molar-refractivity contribution is 5.78. The summed E-state index contributed by atoms with van der Waals surface area (Å²) >= 11 is 0. The predicted octanol–water partition coefficient (Wildman–Crippen LogP) is 2.64. The van der Waals surface area contributed by atoms with Gasteiger partial charge >= 0.3 is 0 Å². The molecule has 4 nitrogen and oxygen atoms in total. The number of anilines is 1. The van der Waals surface area contributed by atoms with E-state index in [-0.39, 0.29) is 0 Å². The Kier molecular flexibility index (Phi) is 2.84. The Morgan fingerprint density at radius 3 is 2.83 bits per heavy atom. The van der Waals surface area contributed by atoms with Gasteiger partial charge in [-0.25, -0.2) is 9.97 Å². The van der Waals surface area contributed by atoms with Crippen LogP contribution in [0.5, 0.6) is 0 Å². The highest BCUT2D eigenvalue weighted by atomic mass is 15.0. The first-order valence-electron chi connectivity index (χ1n) is 5.76. The summed E-state index contributed by atoms with van der Waals surface area (Å²) in [6, 6.07) is 14.0. The van der Waals surface area contributed by atoms with Crippen molar-refractivity contribution < 1.29 is 0 Å². The van der Waals surface area contributed by atoms with Gasteiger partial charge in [0.2, 0.25) is 0 Å². The van der Waals surface area contributed by atoms with Crippen molar-refractivity contribution in [3.8, 4) is 0 Å². The molecule has 0 unspecified atom stereocenters. The molecule has 0 aliphatic carbocycles. The standard InChI is InChI=1S/C14H12N4/c1-2-4-13-11(3-1)5-6-12(18-13)9-16-14-7-8-15-10-17-14/h1-8,10H,9H2,(H,15,16,17). The lowest BCUT2D eigenvalue weighted by Crippen LogP contribution is -2.03. The number of aromatic nitrogens is 3. The highest BCUT2D eigenvalue weighted by Gasteiger charge is 1.98. The van der Waals surface area contributed by atoms with Crippen LogP contribution in [0.25, 0.3) is 10.9 Å². The molecule has 0 atom stereocenters. The van der Waals surface area contributed by atoms with E-state index in [1.807, 2.05) is 30.3 Å². The van der Waals surface area contributed by atoms with Crippen LogP contribution in [0.4, 0.5) is 5.82 Å². The summed E-state index contributed by atoms with van der Waals surface area (Å²) < 4.78 is 0. The molecule has 2 heterocycles. The van der Waals surface area contributed by atoms with Crippen molar-refractivity contribution in [2.75, 3.05) is 5.32 Å². The van der Waals surface area contributed by atoms with Crippen LogP contribution < -0.4 is 5.32 Å². The zero-order chi connectivity index (χ0) is 12.2. The monoisotopic (exact) mass is 236 g/mol. The second kappa shape index (κ2) is 4.79. The van der Waals surface area contributed by atoms with E-state index < -0.39 is 0 Å². The molecule has 2 aromatic heterocycles. The molecule has 0 saturated carbocycles. The summed E-state index contributed by atoms with van der Waals surface area (Å²) in [7, 11) is 0. The van der Waals surface area contributed by atoms with E-state index in [9.17, 15) is 0 Å². The molecule has 3 aromatic rings. The van der Waals surface area contributed by atoms with Crippen LogP contribution >= 0.6 is 0 Å². The number of hydrogen-bond donors (Lipinski definition) is 1. The molecule has 18 heavy (non-hydrogen) atoms. The molecular formula is C14H12N4. The maximum absolute atomic E-state index is 4.58. The SMILES string of the molecule is c1ccc2nc(CNc3ccncn3)ccc2c1. The van der Waals surface area contributed by atoms with Crippen molar-refractivity contribution >= 4 is 16.7 Å².